The minimum atomic E-state index is -1.32. The summed E-state index contributed by atoms with van der Waals surface area (Å²) in [5.41, 5.74) is 1.12. The number of thiocarbonyl (C=S) groups is 1. The molecule has 1 aliphatic heterocycles. The first-order valence-electron chi connectivity index (χ1n) is 8.34. The maximum atomic E-state index is 12.9. The summed E-state index contributed by atoms with van der Waals surface area (Å²) >= 11 is 6.48. The fourth-order valence-electron chi connectivity index (χ4n) is 2.67. The van der Waals surface area contributed by atoms with Crippen LogP contribution < -0.4 is 19.5 Å². The highest BCUT2D eigenvalue weighted by molar-refractivity contribution is 8.27. The van der Waals surface area contributed by atoms with E-state index in [2.05, 4.69) is 0 Å². The van der Waals surface area contributed by atoms with Gasteiger partial charge in [-0.1, -0.05) is 42.2 Å². The lowest BCUT2D eigenvalue weighted by Gasteiger charge is -2.15. The van der Waals surface area contributed by atoms with Crippen molar-refractivity contribution in [3.8, 4) is 11.5 Å². The van der Waals surface area contributed by atoms with E-state index in [4.69, 9.17) is 21.7 Å². The van der Waals surface area contributed by atoms with E-state index in [0.717, 1.165) is 17.3 Å². The molecule has 0 saturated carbocycles. The molecule has 28 heavy (non-hydrogen) atoms. The number of hydrogen-bond donors (Lipinski definition) is 0. The van der Waals surface area contributed by atoms with E-state index in [1.807, 2.05) is 13.0 Å². The smallest absolute Gasteiger partial charge is 0.270 e. The number of anilines is 1. The number of aromatic carboxylic acids is 1. The average molecular weight is 414 g/mol. The van der Waals surface area contributed by atoms with Crippen molar-refractivity contribution in [2.45, 2.75) is 6.92 Å². The Balaban J connectivity index is 1.92. The Morgan fingerprint density at radius 3 is 2.71 bits per heavy atom. The molecule has 1 saturated heterocycles. The molecule has 0 spiro atoms. The topological polar surface area (TPSA) is 78.9 Å². The van der Waals surface area contributed by atoms with Crippen LogP contribution >= 0.6 is 24.0 Å². The van der Waals surface area contributed by atoms with Crippen molar-refractivity contribution in [2.75, 3.05) is 18.6 Å². The second-order valence-corrected chi connectivity index (χ2v) is 7.37. The maximum absolute atomic E-state index is 12.9. The molecule has 0 N–H and O–H groups in total. The third-order valence-corrected chi connectivity index (χ3v) is 5.22. The quantitative estimate of drug-likeness (QED) is 0.531. The molecule has 144 valence electrons. The minimum absolute atomic E-state index is 0.0213. The first kappa shape index (κ1) is 19.9. The fourth-order valence-corrected chi connectivity index (χ4v) is 3.96. The normalized spacial score (nSPS) is 15.2. The monoisotopic (exact) mass is 414 g/mol. The van der Waals surface area contributed by atoms with Crippen molar-refractivity contribution in [3.63, 3.8) is 0 Å². The van der Waals surface area contributed by atoms with E-state index >= 15 is 0 Å². The van der Waals surface area contributed by atoms with E-state index in [0.29, 0.717) is 33.0 Å². The SMILES string of the molecule is CCOc1cc(/C=C2/SC(=S)N(c3cccc(C(=O)[O-])c3)C2=O)ccc1OC. The third-order valence-electron chi connectivity index (χ3n) is 3.92. The number of carboxylic acid groups (broad SMARTS) is 1. The van der Waals surface area contributed by atoms with Crippen LogP contribution in [0, 0.1) is 0 Å². The standard InChI is InChI=1S/C20H17NO5S2/c1-3-26-16-9-12(7-8-15(16)25-2)10-17-18(22)21(20(27)28-17)14-6-4-5-13(11-14)19(23)24/h4-11H,3H2,1-2H3,(H,23,24)/p-1/b17-10+. The molecule has 1 amide bonds. The molecule has 0 atom stereocenters. The van der Waals surface area contributed by atoms with Gasteiger partial charge in [-0.25, -0.2) is 0 Å². The summed E-state index contributed by atoms with van der Waals surface area (Å²) in [4.78, 5) is 25.7. The van der Waals surface area contributed by atoms with Gasteiger partial charge in [0.1, 0.15) is 0 Å². The van der Waals surface area contributed by atoms with Crippen molar-refractivity contribution in [3.05, 3.63) is 58.5 Å². The number of thioether (sulfide) groups is 1. The van der Waals surface area contributed by atoms with Gasteiger partial charge in [0, 0.05) is 0 Å². The molecule has 8 heteroatoms. The Hall–Kier alpha value is -2.84. The summed E-state index contributed by atoms with van der Waals surface area (Å²) in [5.74, 6) is -0.453. The highest BCUT2D eigenvalue weighted by Crippen LogP contribution is 2.37. The van der Waals surface area contributed by atoms with E-state index in [-0.39, 0.29) is 11.5 Å². The Bertz CT molecular complexity index is 986. The molecule has 0 radical (unpaired) electrons. The zero-order chi connectivity index (χ0) is 20.3. The van der Waals surface area contributed by atoms with E-state index in [1.165, 1.54) is 17.0 Å². The molecule has 0 aliphatic carbocycles. The van der Waals surface area contributed by atoms with Gasteiger partial charge in [-0.2, -0.15) is 0 Å². The van der Waals surface area contributed by atoms with Gasteiger partial charge in [0.25, 0.3) is 5.91 Å². The summed E-state index contributed by atoms with van der Waals surface area (Å²) in [6, 6.07) is 11.3. The number of nitrogens with zero attached hydrogens (tertiary/aromatic N) is 1. The van der Waals surface area contributed by atoms with Crippen molar-refractivity contribution in [1.82, 2.24) is 0 Å². The summed E-state index contributed by atoms with van der Waals surface area (Å²) in [6.07, 6.45) is 1.71. The van der Waals surface area contributed by atoms with Gasteiger partial charge in [0.05, 0.1) is 30.3 Å². The van der Waals surface area contributed by atoms with Crippen LogP contribution in [0.25, 0.3) is 6.08 Å². The lowest BCUT2D eigenvalue weighted by atomic mass is 10.1. The molecule has 1 heterocycles. The summed E-state index contributed by atoms with van der Waals surface area (Å²) in [7, 11) is 1.56. The number of ether oxygens (including phenoxy) is 2. The summed E-state index contributed by atoms with van der Waals surface area (Å²) < 4.78 is 11.2. The molecule has 0 aromatic heterocycles. The van der Waals surface area contributed by atoms with Gasteiger partial charge in [0.15, 0.2) is 15.8 Å². The van der Waals surface area contributed by atoms with Crippen LogP contribution in [0.2, 0.25) is 0 Å². The minimum Gasteiger partial charge on any atom is -0.545 e. The Morgan fingerprint density at radius 2 is 2.04 bits per heavy atom. The maximum Gasteiger partial charge on any atom is 0.270 e. The number of amides is 1. The third kappa shape index (κ3) is 4.02. The summed E-state index contributed by atoms with van der Waals surface area (Å²) in [5, 5.41) is 11.1. The average Bonchev–Trinajstić information content (AvgIpc) is 2.95. The molecule has 1 fully saturated rings. The predicted molar refractivity (Wildman–Crippen MR) is 111 cm³/mol. The molecule has 3 rings (SSSR count). The van der Waals surface area contributed by atoms with Crippen molar-refractivity contribution in [2.24, 2.45) is 0 Å². The second kappa shape index (κ2) is 8.45. The molecule has 1 aliphatic rings. The van der Waals surface area contributed by atoms with Crippen LogP contribution in [-0.2, 0) is 4.79 Å². The number of carbonyl (C=O) groups excluding carboxylic acids is 2. The number of carboxylic acids is 1. The molecule has 6 nitrogen and oxygen atoms in total. The Morgan fingerprint density at radius 1 is 1.25 bits per heavy atom. The van der Waals surface area contributed by atoms with Gasteiger partial charge in [-0.15, -0.1) is 0 Å². The van der Waals surface area contributed by atoms with Gasteiger partial charge >= 0.3 is 0 Å². The van der Waals surface area contributed by atoms with Crippen LogP contribution in [0.15, 0.2) is 47.4 Å². The molecular formula is C20H16NO5S2-. The number of hydrogen-bond acceptors (Lipinski definition) is 7. The van der Waals surface area contributed by atoms with Crippen LogP contribution in [0.4, 0.5) is 5.69 Å². The van der Waals surface area contributed by atoms with Crippen LogP contribution in [0.3, 0.4) is 0 Å². The molecule has 2 aromatic rings. The van der Waals surface area contributed by atoms with Gasteiger partial charge in [-0.3, -0.25) is 9.69 Å². The van der Waals surface area contributed by atoms with Gasteiger partial charge < -0.3 is 19.4 Å². The first-order chi connectivity index (χ1) is 13.4. The van der Waals surface area contributed by atoms with E-state index < -0.39 is 5.97 Å². The summed E-state index contributed by atoms with van der Waals surface area (Å²) in [6.45, 7) is 2.36. The van der Waals surface area contributed by atoms with Crippen molar-refractivity contribution >= 4 is 51.9 Å². The second-order valence-electron chi connectivity index (χ2n) is 5.70. The molecular weight excluding hydrogens is 398 g/mol. The van der Waals surface area contributed by atoms with Crippen LogP contribution in [0.5, 0.6) is 11.5 Å². The zero-order valence-corrected chi connectivity index (χ0v) is 16.8. The highest BCUT2D eigenvalue weighted by Gasteiger charge is 2.33. The molecule has 0 unspecified atom stereocenters. The van der Waals surface area contributed by atoms with Crippen molar-refractivity contribution in [1.29, 1.82) is 0 Å². The highest BCUT2D eigenvalue weighted by atomic mass is 32.2. The molecule has 2 aromatic carbocycles. The first-order valence-corrected chi connectivity index (χ1v) is 9.57. The largest absolute Gasteiger partial charge is 0.545 e. The number of benzene rings is 2. The van der Waals surface area contributed by atoms with E-state index in [1.54, 1.807) is 37.5 Å². The number of rotatable bonds is 6. The predicted octanol–water partition coefficient (Wildman–Crippen LogP) is 2.86. The Labute approximate surface area is 171 Å². The number of carbonyl (C=O) groups is 2. The lowest BCUT2D eigenvalue weighted by molar-refractivity contribution is -0.255. The lowest BCUT2D eigenvalue weighted by Crippen LogP contribution is -2.28. The zero-order valence-electron chi connectivity index (χ0n) is 15.1. The van der Waals surface area contributed by atoms with E-state index in [9.17, 15) is 14.7 Å². The van der Waals surface area contributed by atoms with Crippen molar-refractivity contribution < 1.29 is 24.2 Å². The van der Waals surface area contributed by atoms with Crippen LogP contribution in [-0.4, -0.2) is 29.9 Å². The fraction of sp³-hybridized carbons (Fsp3) is 0.150. The van der Waals surface area contributed by atoms with Gasteiger partial charge in [-0.05, 0) is 48.4 Å². The van der Waals surface area contributed by atoms with Crippen LogP contribution in [0.1, 0.15) is 22.8 Å². The number of methoxy groups -OCH3 is 1. The molecule has 0 bridgehead atoms. The Kier molecular flexibility index (Phi) is 6.01. The van der Waals surface area contributed by atoms with Gasteiger partial charge in [0.2, 0.25) is 0 Å².